The van der Waals surface area contributed by atoms with Crippen LogP contribution in [0.1, 0.15) is 0 Å². The van der Waals surface area contributed by atoms with E-state index in [1.165, 1.54) is 0 Å². The van der Waals surface area contributed by atoms with E-state index in [2.05, 4.69) is 44.7 Å². The largest absolute Gasteiger partial charge is 0.194 e. The van der Waals surface area contributed by atoms with Gasteiger partial charge in [0, 0.05) is 11.1 Å². The lowest BCUT2D eigenvalue weighted by Crippen LogP contribution is -1.79. The van der Waals surface area contributed by atoms with Crippen LogP contribution in [0.2, 0.25) is 0 Å². The van der Waals surface area contributed by atoms with Crippen molar-refractivity contribution in [1.29, 1.82) is 0 Å². The fourth-order valence-electron chi connectivity index (χ4n) is 1.70. The topological polar surface area (TPSA) is 24.7 Å². The molecule has 86 valence electrons. The zero-order chi connectivity index (χ0) is 12.8. The molecule has 0 amide bonds. The summed E-state index contributed by atoms with van der Waals surface area (Å²) < 4.78 is 0. The summed E-state index contributed by atoms with van der Waals surface area (Å²) in [4.78, 5) is 8.12. The molecule has 4 heteroatoms. The van der Waals surface area contributed by atoms with Gasteiger partial charge in [-0.3, -0.25) is 0 Å². The molecule has 0 saturated carbocycles. The summed E-state index contributed by atoms with van der Waals surface area (Å²) in [5.74, 6) is 0. The summed E-state index contributed by atoms with van der Waals surface area (Å²) in [6.45, 7) is 0. The Bertz CT molecular complexity index is 607. The average molecular weight is 268 g/mol. The van der Waals surface area contributed by atoms with Crippen LogP contribution in [0.5, 0.6) is 0 Å². The second-order valence-corrected chi connectivity index (χ2v) is 3.81. The first-order valence-electron chi connectivity index (χ1n) is 5.21. The summed E-state index contributed by atoms with van der Waals surface area (Å²) in [5.41, 5.74) is 3.41. The predicted molar refractivity (Wildman–Crippen MR) is 81.3 cm³/mol. The lowest BCUT2D eigenvalue weighted by Gasteiger charge is -2.07. The maximum Gasteiger partial charge on any atom is 0.0818 e. The van der Waals surface area contributed by atoms with Crippen LogP contribution in [0.15, 0.2) is 58.5 Å². The molecule has 0 bridgehead atoms. The van der Waals surface area contributed by atoms with Gasteiger partial charge in [0.1, 0.15) is 0 Å². The molecule has 2 aromatic carbocycles. The lowest BCUT2D eigenvalue weighted by atomic mass is 10.0. The van der Waals surface area contributed by atoms with Gasteiger partial charge in [0.15, 0.2) is 0 Å². The standard InChI is InChI=1S/C14H8N2S2/c17-9-15-13-7-3-1-5-11(13)12-6-2-4-8-14(12)16-10-18/h1-8H. The molecule has 0 aliphatic carbocycles. The van der Waals surface area contributed by atoms with Crippen LogP contribution >= 0.6 is 24.4 Å². The van der Waals surface area contributed by atoms with Gasteiger partial charge in [-0.1, -0.05) is 36.4 Å². The van der Waals surface area contributed by atoms with E-state index in [9.17, 15) is 0 Å². The molecule has 0 heterocycles. The quantitative estimate of drug-likeness (QED) is 0.588. The molecule has 0 atom stereocenters. The van der Waals surface area contributed by atoms with Crippen LogP contribution < -0.4 is 0 Å². The number of aliphatic imine (C=N–C) groups is 2. The maximum absolute atomic E-state index is 4.66. The monoisotopic (exact) mass is 268 g/mol. The van der Waals surface area contributed by atoms with Crippen LogP contribution in [0.4, 0.5) is 11.4 Å². The van der Waals surface area contributed by atoms with Gasteiger partial charge in [-0.25, -0.2) is 0 Å². The molecule has 0 N–H and O–H groups in total. The van der Waals surface area contributed by atoms with Crippen molar-refractivity contribution in [3.63, 3.8) is 0 Å². The molecular formula is C14H8N2S2. The number of thiocarbonyl (C=S) groups is 2. The Hall–Kier alpha value is -1.96. The van der Waals surface area contributed by atoms with Crippen LogP contribution in [-0.2, 0) is 0 Å². The third kappa shape index (κ3) is 2.65. The Kier molecular flexibility index (Phi) is 4.24. The van der Waals surface area contributed by atoms with Gasteiger partial charge in [0.25, 0.3) is 0 Å². The third-order valence-corrected chi connectivity index (χ3v) is 2.61. The van der Waals surface area contributed by atoms with Gasteiger partial charge >= 0.3 is 0 Å². The second kappa shape index (κ2) is 6.10. The van der Waals surface area contributed by atoms with Gasteiger partial charge in [-0.2, -0.15) is 9.98 Å². The van der Waals surface area contributed by atoms with E-state index < -0.39 is 0 Å². The lowest BCUT2D eigenvalue weighted by molar-refractivity contribution is 1.49. The van der Waals surface area contributed by atoms with E-state index in [0.29, 0.717) is 0 Å². The van der Waals surface area contributed by atoms with Crippen molar-refractivity contribution in [2.75, 3.05) is 0 Å². The zero-order valence-electron chi connectivity index (χ0n) is 9.33. The van der Waals surface area contributed by atoms with Crippen LogP contribution in [0, 0.1) is 0 Å². The molecule has 0 fully saturated rings. The third-order valence-electron chi connectivity index (χ3n) is 2.43. The number of para-hydroxylation sites is 2. The molecule has 0 aromatic heterocycles. The van der Waals surface area contributed by atoms with Gasteiger partial charge in [0.05, 0.1) is 21.7 Å². The fourth-order valence-corrected chi connectivity index (χ4v) is 1.89. The highest BCUT2D eigenvalue weighted by atomic mass is 32.1. The van der Waals surface area contributed by atoms with Crippen molar-refractivity contribution in [1.82, 2.24) is 0 Å². The number of hydrogen-bond donors (Lipinski definition) is 0. The predicted octanol–water partition coefficient (Wildman–Crippen LogP) is 4.82. The Labute approximate surface area is 116 Å². The Morgan fingerprint density at radius 1 is 0.667 bits per heavy atom. The van der Waals surface area contributed by atoms with Crippen molar-refractivity contribution >= 4 is 46.1 Å². The Morgan fingerprint density at radius 3 is 1.44 bits per heavy atom. The van der Waals surface area contributed by atoms with E-state index in [-0.39, 0.29) is 0 Å². The molecule has 0 radical (unpaired) electrons. The molecular weight excluding hydrogens is 260 g/mol. The summed E-state index contributed by atoms with van der Waals surface area (Å²) in [7, 11) is 0. The highest BCUT2D eigenvalue weighted by Crippen LogP contribution is 2.35. The molecule has 2 aromatic rings. The summed E-state index contributed by atoms with van der Waals surface area (Å²) in [5, 5.41) is 4.77. The molecule has 2 rings (SSSR count). The van der Waals surface area contributed by atoms with Crippen molar-refractivity contribution in [2.24, 2.45) is 9.98 Å². The Balaban J connectivity index is 2.69. The van der Waals surface area contributed by atoms with Crippen molar-refractivity contribution < 1.29 is 0 Å². The van der Waals surface area contributed by atoms with Gasteiger partial charge in [-0.05, 0) is 36.6 Å². The molecule has 0 saturated heterocycles. The number of benzene rings is 2. The van der Waals surface area contributed by atoms with E-state index >= 15 is 0 Å². The Morgan fingerprint density at radius 2 is 1.06 bits per heavy atom. The fraction of sp³-hybridized carbons (Fsp3) is 0. The highest BCUT2D eigenvalue weighted by molar-refractivity contribution is 7.78. The first-order chi connectivity index (χ1) is 8.86. The van der Waals surface area contributed by atoms with Gasteiger partial charge in [0.2, 0.25) is 0 Å². The van der Waals surface area contributed by atoms with Crippen molar-refractivity contribution in [2.45, 2.75) is 0 Å². The van der Waals surface area contributed by atoms with E-state index in [0.717, 1.165) is 22.5 Å². The van der Waals surface area contributed by atoms with Crippen molar-refractivity contribution in [3.8, 4) is 11.1 Å². The van der Waals surface area contributed by atoms with Gasteiger partial charge in [-0.15, -0.1) is 0 Å². The minimum Gasteiger partial charge on any atom is -0.194 e. The SMILES string of the molecule is S=C=Nc1ccccc1-c1ccccc1N=C=S. The number of isothiocyanates is 2. The molecule has 0 aliphatic heterocycles. The van der Waals surface area contributed by atoms with E-state index in [4.69, 9.17) is 0 Å². The summed E-state index contributed by atoms with van der Waals surface area (Å²) in [6.07, 6.45) is 0. The highest BCUT2D eigenvalue weighted by Gasteiger charge is 2.07. The van der Waals surface area contributed by atoms with Gasteiger partial charge < -0.3 is 0 Å². The maximum atomic E-state index is 4.66. The normalized spacial score (nSPS) is 9.11. The van der Waals surface area contributed by atoms with Crippen molar-refractivity contribution in [3.05, 3.63) is 48.5 Å². The zero-order valence-corrected chi connectivity index (χ0v) is 11.0. The minimum atomic E-state index is 0.763. The number of hydrogen-bond acceptors (Lipinski definition) is 4. The molecule has 2 nitrogen and oxygen atoms in total. The average Bonchev–Trinajstić information content (AvgIpc) is 2.41. The number of nitrogens with zero attached hydrogens (tertiary/aromatic N) is 2. The molecule has 0 unspecified atom stereocenters. The van der Waals surface area contributed by atoms with Crippen LogP contribution in [0.3, 0.4) is 0 Å². The van der Waals surface area contributed by atoms with Crippen LogP contribution in [0.25, 0.3) is 11.1 Å². The first-order valence-corrected chi connectivity index (χ1v) is 6.02. The van der Waals surface area contributed by atoms with E-state index in [1.54, 1.807) is 0 Å². The number of rotatable bonds is 3. The smallest absolute Gasteiger partial charge is 0.0818 e. The summed E-state index contributed by atoms with van der Waals surface area (Å²) >= 11 is 9.32. The summed E-state index contributed by atoms with van der Waals surface area (Å²) in [6, 6.07) is 15.4. The first kappa shape index (κ1) is 12.5. The van der Waals surface area contributed by atoms with E-state index in [1.807, 2.05) is 48.5 Å². The molecule has 0 aliphatic rings. The molecule has 18 heavy (non-hydrogen) atoms. The second-order valence-electron chi connectivity index (χ2n) is 3.44. The minimum absolute atomic E-state index is 0.763. The molecule has 0 spiro atoms. The van der Waals surface area contributed by atoms with Crippen LogP contribution in [-0.4, -0.2) is 10.3 Å².